The molecule has 1 amide bonds. The smallest absolute Gasteiger partial charge is 0.262 e. The number of carbonyl (C=O) groups is 1. The van der Waals surface area contributed by atoms with Crippen LogP contribution >= 0.6 is 22.9 Å². The molecule has 0 spiro atoms. The number of anilines is 1. The number of nitrogens with zero attached hydrogens (tertiary/aromatic N) is 3. The SMILES string of the molecule is Cc1c(Cl)ccc2sc(N(Cc3cccnc3)C(=O)c3c[nH]c4ccccc34)nc12. The Balaban J connectivity index is 1.64. The fraction of sp³-hybridized carbons (Fsp3) is 0.0870. The van der Waals surface area contributed by atoms with Crippen LogP contribution in [-0.2, 0) is 6.54 Å². The quantitative estimate of drug-likeness (QED) is 0.380. The molecule has 3 heterocycles. The summed E-state index contributed by atoms with van der Waals surface area (Å²) in [5.41, 5.74) is 4.21. The number of H-pyrrole nitrogens is 1. The van der Waals surface area contributed by atoms with Gasteiger partial charge in [0.1, 0.15) is 0 Å². The highest BCUT2D eigenvalue weighted by molar-refractivity contribution is 7.22. The lowest BCUT2D eigenvalue weighted by atomic mass is 10.1. The van der Waals surface area contributed by atoms with Crippen molar-refractivity contribution in [2.45, 2.75) is 13.5 Å². The fourth-order valence-electron chi connectivity index (χ4n) is 3.50. The number of aryl methyl sites for hydroxylation is 1. The molecule has 0 saturated heterocycles. The number of fused-ring (bicyclic) bond motifs is 2. The molecule has 5 aromatic rings. The Morgan fingerprint density at radius 2 is 2.03 bits per heavy atom. The Hall–Kier alpha value is -3.22. The van der Waals surface area contributed by atoms with E-state index in [2.05, 4.69) is 9.97 Å². The van der Waals surface area contributed by atoms with Crippen molar-refractivity contribution in [1.82, 2.24) is 15.0 Å². The van der Waals surface area contributed by atoms with E-state index in [4.69, 9.17) is 16.6 Å². The van der Waals surface area contributed by atoms with Gasteiger partial charge in [0.05, 0.1) is 22.3 Å². The molecule has 0 bridgehead atoms. The first-order valence-electron chi connectivity index (χ1n) is 9.44. The van der Waals surface area contributed by atoms with Crippen LogP contribution in [0.4, 0.5) is 5.13 Å². The van der Waals surface area contributed by atoms with Crippen molar-refractivity contribution in [3.05, 3.63) is 88.8 Å². The average Bonchev–Trinajstić information content (AvgIpc) is 3.40. The number of aromatic nitrogens is 3. The van der Waals surface area contributed by atoms with E-state index < -0.39 is 0 Å². The van der Waals surface area contributed by atoms with Crippen LogP contribution in [-0.4, -0.2) is 20.9 Å². The van der Waals surface area contributed by atoms with E-state index in [1.165, 1.54) is 11.3 Å². The number of amides is 1. The summed E-state index contributed by atoms with van der Waals surface area (Å²) in [6.07, 6.45) is 5.25. The third-order valence-corrected chi connectivity index (χ3v) is 6.55. The van der Waals surface area contributed by atoms with Crippen LogP contribution in [0.15, 0.2) is 67.1 Å². The fourth-order valence-corrected chi connectivity index (χ4v) is 4.67. The number of rotatable bonds is 4. The van der Waals surface area contributed by atoms with Gasteiger partial charge in [-0.1, -0.05) is 47.2 Å². The monoisotopic (exact) mass is 432 g/mol. The minimum absolute atomic E-state index is 0.112. The standard InChI is InChI=1S/C23H17ClN4OS/c1-14-18(24)8-9-20-21(14)27-23(30-20)28(13-15-5-4-10-25-11-15)22(29)17-12-26-19-7-3-2-6-16(17)19/h2-12,26H,13H2,1H3. The molecule has 7 heteroatoms. The van der Waals surface area contributed by atoms with Crippen LogP contribution in [0.1, 0.15) is 21.5 Å². The molecule has 30 heavy (non-hydrogen) atoms. The average molecular weight is 433 g/mol. The van der Waals surface area contributed by atoms with E-state index in [-0.39, 0.29) is 5.91 Å². The highest BCUT2D eigenvalue weighted by Crippen LogP contribution is 2.35. The van der Waals surface area contributed by atoms with Gasteiger partial charge in [0, 0.05) is 34.5 Å². The van der Waals surface area contributed by atoms with Gasteiger partial charge in [-0.05, 0) is 42.3 Å². The molecule has 0 aliphatic rings. The summed E-state index contributed by atoms with van der Waals surface area (Å²) in [6, 6.07) is 15.4. The Morgan fingerprint density at radius 1 is 1.17 bits per heavy atom. The number of thiazole rings is 1. The maximum Gasteiger partial charge on any atom is 0.262 e. The van der Waals surface area contributed by atoms with Crippen LogP contribution in [0.5, 0.6) is 0 Å². The predicted molar refractivity (Wildman–Crippen MR) is 122 cm³/mol. The number of benzene rings is 2. The Kier molecular flexibility index (Phi) is 4.73. The van der Waals surface area contributed by atoms with Crippen molar-refractivity contribution in [2.75, 3.05) is 4.90 Å². The predicted octanol–water partition coefficient (Wildman–Crippen LogP) is 5.98. The van der Waals surface area contributed by atoms with E-state index in [1.807, 2.05) is 55.5 Å². The lowest BCUT2D eigenvalue weighted by Gasteiger charge is -2.19. The molecule has 148 valence electrons. The molecule has 0 aliphatic carbocycles. The minimum atomic E-state index is -0.112. The topological polar surface area (TPSA) is 61.9 Å². The maximum absolute atomic E-state index is 13.7. The van der Waals surface area contributed by atoms with E-state index in [9.17, 15) is 4.79 Å². The van der Waals surface area contributed by atoms with Gasteiger partial charge in [0.2, 0.25) is 0 Å². The van der Waals surface area contributed by atoms with Gasteiger partial charge < -0.3 is 4.98 Å². The van der Waals surface area contributed by atoms with Gasteiger partial charge >= 0.3 is 0 Å². The summed E-state index contributed by atoms with van der Waals surface area (Å²) >= 11 is 7.77. The normalized spacial score (nSPS) is 11.3. The summed E-state index contributed by atoms with van der Waals surface area (Å²) in [5.74, 6) is -0.112. The second-order valence-electron chi connectivity index (χ2n) is 7.02. The van der Waals surface area contributed by atoms with Crippen molar-refractivity contribution < 1.29 is 4.79 Å². The van der Waals surface area contributed by atoms with Crippen LogP contribution in [0.3, 0.4) is 0 Å². The lowest BCUT2D eigenvalue weighted by Crippen LogP contribution is -2.30. The molecule has 5 rings (SSSR count). The molecular weight excluding hydrogens is 416 g/mol. The van der Waals surface area contributed by atoms with E-state index >= 15 is 0 Å². The summed E-state index contributed by atoms with van der Waals surface area (Å²) in [4.78, 5) is 27.6. The van der Waals surface area contributed by atoms with Gasteiger partial charge in [-0.25, -0.2) is 4.98 Å². The van der Waals surface area contributed by atoms with Crippen molar-refractivity contribution >= 4 is 55.1 Å². The van der Waals surface area contributed by atoms with E-state index in [1.54, 1.807) is 23.5 Å². The highest BCUT2D eigenvalue weighted by Gasteiger charge is 2.24. The number of hydrogen-bond acceptors (Lipinski definition) is 4. The number of nitrogens with one attached hydrogen (secondary N) is 1. The van der Waals surface area contributed by atoms with Gasteiger partial charge in [0.25, 0.3) is 5.91 Å². The third kappa shape index (κ3) is 3.24. The molecule has 2 aromatic carbocycles. The highest BCUT2D eigenvalue weighted by atomic mass is 35.5. The molecular formula is C23H17ClN4OS. The summed E-state index contributed by atoms with van der Waals surface area (Å²) < 4.78 is 0.995. The molecule has 5 nitrogen and oxygen atoms in total. The van der Waals surface area contributed by atoms with Gasteiger partial charge in [0.15, 0.2) is 5.13 Å². The van der Waals surface area contributed by atoms with Crippen LogP contribution in [0.25, 0.3) is 21.1 Å². The first-order chi connectivity index (χ1) is 14.6. The van der Waals surface area contributed by atoms with Crippen molar-refractivity contribution in [3.63, 3.8) is 0 Å². The summed E-state index contributed by atoms with van der Waals surface area (Å²) in [7, 11) is 0. The second kappa shape index (κ2) is 7.55. The number of halogens is 1. The van der Waals surface area contributed by atoms with E-state index in [0.717, 1.165) is 32.2 Å². The number of aromatic amines is 1. The van der Waals surface area contributed by atoms with Gasteiger partial charge in [-0.15, -0.1) is 0 Å². The number of carbonyl (C=O) groups excluding carboxylic acids is 1. The Morgan fingerprint density at radius 3 is 2.87 bits per heavy atom. The zero-order valence-corrected chi connectivity index (χ0v) is 17.7. The minimum Gasteiger partial charge on any atom is -0.360 e. The largest absolute Gasteiger partial charge is 0.360 e. The maximum atomic E-state index is 13.7. The molecule has 1 N–H and O–H groups in total. The van der Waals surface area contributed by atoms with Crippen molar-refractivity contribution in [2.24, 2.45) is 0 Å². The van der Waals surface area contributed by atoms with Crippen molar-refractivity contribution in [1.29, 1.82) is 0 Å². The zero-order chi connectivity index (χ0) is 20.7. The first-order valence-corrected chi connectivity index (χ1v) is 10.6. The van der Waals surface area contributed by atoms with Crippen LogP contribution in [0.2, 0.25) is 5.02 Å². The van der Waals surface area contributed by atoms with Gasteiger partial charge in [-0.2, -0.15) is 0 Å². The number of hydrogen-bond donors (Lipinski definition) is 1. The summed E-state index contributed by atoms with van der Waals surface area (Å²) in [6.45, 7) is 2.32. The molecule has 0 saturated carbocycles. The second-order valence-corrected chi connectivity index (χ2v) is 8.43. The van der Waals surface area contributed by atoms with Crippen LogP contribution < -0.4 is 4.90 Å². The molecule has 0 aliphatic heterocycles. The van der Waals surface area contributed by atoms with Gasteiger partial charge in [-0.3, -0.25) is 14.7 Å². The molecule has 0 unspecified atom stereocenters. The molecule has 0 atom stereocenters. The Labute approximate surface area is 182 Å². The number of para-hydroxylation sites is 1. The first kappa shape index (κ1) is 18.8. The lowest BCUT2D eigenvalue weighted by molar-refractivity contribution is 0.0986. The molecule has 0 fully saturated rings. The van der Waals surface area contributed by atoms with Crippen molar-refractivity contribution in [3.8, 4) is 0 Å². The molecule has 3 aromatic heterocycles. The Bertz CT molecular complexity index is 1380. The third-order valence-electron chi connectivity index (χ3n) is 5.10. The molecule has 0 radical (unpaired) electrons. The zero-order valence-electron chi connectivity index (χ0n) is 16.1. The van der Waals surface area contributed by atoms with Crippen LogP contribution in [0, 0.1) is 6.92 Å². The number of pyridine rings is 1. The van der Waals surface area contributed by atoms with E-state index in [0.29, 0.717) is 22.3 Å². The summed E-state index contributed by atoms with van der Waals surface area (Å²) in [5, 5.41) is 2.19.